The minimum Gasteiger partial charge on any atom is -0.325 e. The molecule has 0 atom stereocenters. The zero-order valence-corrected chi connectivity index (χ0v) is 11.7. The second kappa shape index (κ2) is 5.06. The van der Waals surface area contributed by atoms with Gasteiger partial charge >= 0.3 is 0 Å². The first kappa shape index (κ1) is 12.8. The van der Waals surface area contributed by atoms with Crippen LogP contribution in [-0.4, -0.2) is 14.4 Å². The lowest BCUT2D eigenvalue weighted by atomic mass is 10.00. The van der Waals surface area contributed by atoms with Crippen molar-refractivity contribution < 1.29 is 0 Å². The van der Waals surface area contributed by atoms with Gasteiger partial charge in [-0.05, 0) is 17.0 Å². The Morgan fingerprint density at radius 1 is 1.10 bits per heavy atom. The van der Waals surface area contributed by atoms with Crippen molar-refractivity contribution in [2.75, 3.05) is 0 Å². The van der Waals surface area contributed by atoms with Crippen LogP contribution in [0.5, 0.6) is 0 Å². The van der Waals surface area contributed by atoms with Gasteiger partial charge in [0.05, 0.1) is 5.69 Å². The third kappa shape index (κ3) is 2.30. The number of rotatable bonds is 3. The number of imidazole rings is 1. The number of benzene rings is 1. The molecule has 0 saturated heterocycles. The topological polar surface area (TPSA) is 56.2 Å². The van der Waals surface area contributed by atoms with E-state index in [9.17, 15) is 0 Å². The molecule has 2 aromatic heterocycles. The molecule has 0 unspecified atom stereocenters. The SMILES string of the molecule is CC(C)c1ccc(-c2cnc3nc(CN)cn3c2)cc1. The summed E-state index contributed by atoms with van der Waals surface area (Å²) in [5.41, 5.74) is 10.0. The van der Waals surface area contributed by atoms with E-state index in [2.05, 4.69) is 48.1 Å². The lowest BCUT2D eigenvalue weighted by molar-refractivity contribution is 0.867. The van der Waals surface area contributed by atoms with Gasteiger partial charge in [0.2, 0.25) is 5.78 Å². The maximum atomic E-state index is 5.60. The van der Waals surface area contributed by atoms with Crippen molar-refractivity contribution in [2.24, 2.45) is 5.73 Å². The third-order valence-electron chi connectivity index (χ3n) is 3.48. The molecule has 0 bridgehead atoms. The van der Waals surface area contributed by atoms with Crippen LogP contribution in [0, 0.1) is 0 Å². The summed E-state index contributed by atoms with van der Waals surface area (Å²) in [6.45, 7) is 4.83. The summed E-state index contributed by atoms with van der Waals surface area (Å²) in [5.74, 6) is 1.23. The second-order valence-electron chi connectivity index (χ2n) is 5.26. The van der Waals surface area contributed by atoms with E-state index in [1.54, 1.807) is 0 Å². The molecule has 1 aromatic carbocycles. The molecule has 3 aromatic rings. The Morgan fingerprint density at radius 3 is 2.50 bits per heavy atom. The highest BCUT2D eigenvalue weighted by molar-refractivity contribution is 5.63. The number of hydrogen-bond acceptors (Lipinski definition) is 3. The highest BCUT2D eigenvalue weighted by Gasteiger charge is 2.05. The first-order valence-electron chi connectivity index (χ1n) is 6.81. The average Bonchev–Trinajstić information content (AvgIpc) is 2.89. The van der Waals surface area contributed by atoms with Gasteiger partial charge in [0.25, 0.3) is 0 Å². The molecule has 2 heterocycles. The number of aromatic nitrogens is 3. The van der Waals surface area contributed by atoms with Crippen LogP contribution in [0.3, 0.4) is 0 Å². The minimum atomic E-state index is 0.432. The van der Waals surface area contributed by atoms with Crippen molar-refractivity contribution in [3.05, 3.63) is 54.1 Å². The van der Waals surface area contributed by atoms with Crippen LogP contribution in [0.1, 0.15) is 31.0 Å². The van der Waals surface area contributed by atoms with Gasteiger partial charge in [-0.15, -0.1) is 0 Å². The summed E-state index contributed by atoms with van der Waals surface area (Å²) in [5, 5.41) is 0. The molecular formula is C16H18N4. The van der Waals surface area contributed by atoms with Crippen molar-refractivity contribution >= 4 is 5.78 Å². The molecule has 0 radical (unpaired) electrons. The normalized spacial score (nSPS) is 11.4. The fraction of sp³-hybridized carbons (Fsp3) is 0.250. The van der Waals surface area contributed by atoms with E-state index in [1.165, 1.54) is 5.56 Å². The zero-order valence-electron chi connectivity index (χ0n) is 11.7. The van der Waals surface area contributed by atoms with E-state index in [0.717, 1.165) is 16.8 Å². The lowest BCUT2D eigenvalue weighted by Crippen LogP contribution is -1.95. The number of nitrogens with zero attached hydrogens (tertiary/aromatic N) is 3. The molecule has 0 fully saturated rings. The van der Waals surface area contributed by atoms with Gasteiger partial charge in [0, 0.05) is 30.7 Å². The molecule has 0 aliphatic heterocycles. The van der Waals surface area contributed by atoms with Gasteiger partial charge in [-0.2, -0.15) is 0 Å². The standard InChI is InChI=1S/C16H18N4/c1-11(2)12-3-5-13(6-4-12)14-8-18-16-19-15(7-17)10-20(16)9-14/h3-6,8-11H,7,17H2,1-2H3. The minimum absolute atomic E-state index is 0.432. The number of nitrogens with two attached hydrogens (primary N) is 1. The lowest BCUT2D eigenvalue weighted by Gasteiger charge is -2.07. The average molecular weight is 266 g/mol. The highest BCUT2D eigenvalue weighted by atomic mass is 15.1. The molecule has 0 aliphatic rings. The quantitative estimate of drug-likeness (QED) is 0.793. The monoisotopic (exact) mass is 266 g/mol. The Bertz CT molecular complexity index is 726. The summed E-state index contributed by atoms with van der Waals surface area (Å²) in [6, 6.07) is 8.62. The largest absolute Gasteiger partial charge is 0.325 e. The summed E-state index contributed by atoms with van der Waals surface area (Å²) in [6.07, 6.45) is 5.82. The van der Waals surface area contributed by atoms with Crippen molar-refractivity contribution in [2.45, 2.75) is 26.3 Å². The Kier molecular flexibility index (Phi) is 3.24. The Morgan fingerprint density at radius 2 is 1.85 bits per heavy atom. The molecule has 0 amide bonds. The third-order valence-corrected chi connectivity index (χ3v) is 3.48. The van der Waals surface area contributed by atoms with Gasteiger partial charge in [-0.25, -0.2) is 9.97 Å². The zero-order chi connectivity index (χ0) is 14.1. The number of hydrogen-bond donors (Lipinski definition) is 1. The maximum absolute atomic E-state index is 5.60. The van der Waals surface area contributed by atoms with E-state index in [1.807, 2.05) is 23.0 Å². The van der Waals surface area contributed by atoms with Gasteiger partial charge in [-0.1, -0.05) is 38.1 Å². The number of fused-ring (bicyclic) bond motifs is 1. The van der Waals surface area contributed by atoms with Crippen molar-refractivity contribution in [1.82, 2.24) is 14.4 Å². The van der Waals surface area contributed by atoms with E-state index in [0.29, 0.717) is 18.2 Å². The summed E-state index contributed by atoms with van der Waals surface area (Å²) in [7, 11) is 0. The van der Waals surface area contributed by atoms with Crippen LogP contribution in [0.4, 0.5) is 0 Å². The van der Waals surface area contributed by atoms with E-state index >= 15 is 0 Å². The molecule has 2 N–H and O–H groups in total. The van der Waals surface area contributed by atoms with Crippen LogP contribution in [0.2, 0.25) is 0 Å². The van der Waals surface area contributed by atoms with Crippen LogP contribution in [0.25, 0.3) is 16.9 Å². The molecule has 20 heavy (non-hydrogen) atoms. The molecule has 3 rings (SSSR count). The fourth-order valence-corrected chi connectivity index (χ4v) is 2.24. The van der Waals surface area contributed by atoms with Crippen molar-refractivity contribution in [3.63, 3.8) is 0 Å². The Balaban J connectivity index is 2.00. The van der Waals surface area contributed by atoms with Crippen LogP contribution in [0.15, 0.2) is 42.9 Å². The van der Waals surface area contributed by atoms with Crippen molar-refractivity contribution in [1.29, 1.82) is 0 Å². The van der Waals surface area contributed by atoms with Crippen LogP contribution >= 0.6 is 0 Å². The summed E-state index contributed by atoms with van der Waals surface area (Å²) >= 11 is 0. The van der Waals surface area contributed by atoms with E-state index in [-0.39, 0.29) is 0 Å². The van der Waals surface area contributed by atoms with Gasteiger partial charge in [-0.3, -0.25) is 4.40 Å². The first-order chi connectivity index (χ1) is 9.67. The predicted octanol–water partition coefficient (Wildman–Crippen LogP) is 2.98. The summed E-state index contributed by atoms with van der Waals surface area (Å²) < 4.78 is 1.92. The molecule has 102 valence electrons. The van der Waals surface area contributed by atoms with Gasteiger partial charge in [0.1, 0.15) is 0 Å². The van der Waals surface area contributed by atoms with E-state index < -0.39 is 0 Å². The predicted molar refractivity (Wildman–Crippen MR) is 80.4 cm³/mol. The maximum Gasteiger partial charge on any atom is 0.233 e. The molecule has 0 spiro atoms. The van der Waals surface area contributed by atoms with Crippen molar-refractivity contribution in [3.8, 4) is 11.1 Å². The van der Waals surface area contributed by atoms with Gasteiger partial charge < -0.3 is 5.73 Å². The molecule has 0 saturated carbocycles. The smallest absolute Gasteiger partial charge is 0.233 e. The highest BCUT2D eigenvalue weighted by Crippen LogP contribution is 2.22. The van der Waals surface area contributed by atoms with Crippen LogP contribution < -0.4 is 5.73 Å². The molecule has 4 heteroatoms. The molecule has 4 nitrogen and oxygen atoms in total. The Hall–Kier alpha value is -2.20. The van der Waals surface area contributed by atoms with Gasteiger partial charge in [0.15, 0.2) is 0 Å². The summed E-state index contributed by atoms with van der Waals surface area (Å²) in [4.78, 5) is 8.71. The Labute approximate surface area is 118 Å². The molecule has 0 aliphatic carbocycles. The molecular weight excluding hydrogens is 248 g/mol. The first-order valence-corrected chi connectivity index (χ1v) is 6.81. The fourth-order valence-electron chi connectivity index (χ4n) is 2.24. The van der Waals surface area contributed by atoms with Crippen LogP contribution in [-0.2, 0) is 6.54 Å². The van der Waals surface area contributed by atoms with E-state index in [4.69, 9.17) is 5.73 Å². The second-order valence-corrected chi connectivity index (χ2v) is 5.26.